The molecule has 0 aliphatic carbocycles. The van der Waals surface area contributed by atoms with Crippen molar-refractivity contribution in [3.05, 3.63) is 47.2 Å². The number of imidazole rings is 1. The minimum atomic E-state index is -0.917. The van der Waals surface area contributed by atoms with Gasteiger partial charge in [-0.2, -0.15) is 9.97 Å². The molecule has 0 radical (unpaired) electrons. The van der Waals surface area contributed by atoms with Crippen molar-refractivity contribution < 1.29 is 5.11 Å². The van der Waals surface area contributed by atoms with Gasteiger partial charge in [0.05, 0.1) is 16.8 Å². The Morgan fingerprint density at radius 2 is 1.92 bits per heavy atom. The van der Waals surface area contributed by atoms with Crippen LogP contribution in [0.2, 0.25) is 0 Å². The Morgan fingerprint density at radius 3 is 2.61 bits per heavy atom. The van der Waals surface area contributed by atoms with E-state index in [1.165, 1.54) is 11.3 Å². The van der Waals surface area contributed by atoms with Gasteiger partial charge in [-0.05, 0) is 46.1 Å². The zero-order chi connectivity index (χ0) is 25.4. The number of fused-ring (bicyclic) bond motifs is 1. The molecule has 1 saturated heterocycles. The van der Waals surface area contributed by atoms with Gasteiger partial charge in [0.1, 0.15) is 5.01 Å². The molecule has 0 unspecified atom stereocenters. The van der Waals surface area contributed by atoms with Gasteiger partial charge in [0.25, 0.3) is 0 Å². The largest absolute Gasteiger partial charge is 0.385 e. The number of aromatic nitrogens is 5. The Bertz CT molecular complexity index is 1350. The molecule has 1 fully saturated rings. The lowest BCUT2D eigenvalue weighted by atomic mass is 10.1. The van der Waals surface area contributed by atoms with E-state index in [0.29, 0.717) is 12.5 Å². The maximum Gasteiger partial charge on any atom is 0.229 e. The summed E-state index contributed by atoms with van der Waals surface area (Å²) in [6, 6.07) is 8.66. The van der Waals surface area contributed by atoms with Gasteiger partial charge < -0.3 is 25.6 Å². The zero-order valence-electron chi connectivity index (χ0n) is 21.3. The van der Waals surface area contributed by atoms with Crippen molar-refractivity contribution in [1.29, 1.82) is 0 Å². The van der Waals surface area contributed by atoms with Crippen molar-refractivity contribution in [1.82, 2.24) is 24.5 Å². The fraction of sp³-hybridized carbons (Fsp3) is 0.462. The van der Waals surface area contributed by atoms with E-state index in [2.05, 4.69) is 50.7 Å². The number of nitrogens with zero attached hydrogens (tertiary/aromatic N) is 6. The molecule has 9 nitrogen and oxygen atoms in total. The van der Waals surface area contributed by atoms with E-state index in [0.717, 1.165) is 63.9 Å². The smallest absolute Gasteiger partial charge is 0.229 e. The molecule has 1 aliphatic heterocycles. The third-order valence-corrected chi connectivity index (χ3v) is 7.93. The summed E-state index contributed by atoms with van der Waals surface area (Å²) < 4.78 is 2.09. The molecule has 10 heteroatoms. The van der Waals surface area contributed by atoms with Crippen LogP contribution >= 0.6 is 11.3 Å². The van der Waals surface area contributed by atoms with Crippen molar-refractivity contribution in [2.45, 2.75) is 64.8 Å². The van der Waals surface area contributed by atoms with Crippen LogP contribution in [-0.2, 0) is 12.1 Å². The van der Waals surface area contributed by atoms with Crippen LogP contribution in [0.4, 0.5) is 11.8 Å². The van der Waals surface area contributed by atoms with Crippen LogP contribution in [0.25, 0.3) is 21.7 Å². The number of nitrogens with one attached hydrogen (secondary N) is 1. The topological polar surface area (TPSA) is 118 Å². The van der Waals surface area contributed by atoms with E-state index in [4.69, 9.17) is 15.7 Å². The van der Waals surface area contributed by atoms with Crippen molar-refractivity contribution in [2.24, 2.45) is 5.73 Å². The molecule has 0 saturated carbocycles. The number of benzene rings is 1. The summed E-state index contributed by atoms with van der Waals surface area (Å²) in [5.41, 5.74) is 8.93. The highest BCUT2D eigenvalue weighted by Gasteiger charge is 2.23. The average Bonchev–Trinajstić information content (AvgIpc) is 3.51. The van der Waals surface area contributed by atoms with Gasteiger partial charge >= 0.3 is 0 Å². The second-order valence-electron chi connectivity index (χ2n) is 10.2. The summed E-state index contributed by atoms with van der Waals surface area (Å²) in [4.78, 5) is 22.1. The first-order valence-corrected chi connectivity index (χ1v) is 13.3. The summed E-state index contributed by atoms with van der Waals surface area (Å²) in [5, 5.41) is 14.8. The molecule has 0 bridgehead atoms. The fourth-order valence-corrected chi connectivity index (χ4v) is 5.37. The Balaban J connectivity index is 1.47. The van der Waals surface area contributed by atoms with Crippen LogP contribution in [0.5, 0.6) is 0 Å². The van der Waals surface area contributed by atoms with Gasteiger partial charge in [-0.1, -0.05) is 24.3 Å². The number of nitrogens with two attached hydrogens (primary N) is 1. The third-order valence-electron chi connectivity index (χ3n) is 6.59. The number of piperidine rings is 1. The molecule has 3 aromatic heterocycles. The maximum absolute atomic E-state index is 10.4. The molecule has 0 spiro atoms. The van der Waals surface area contributed by atoms with Crippen LogP contribution in [-0.4, -0.2) is 48.7 Å². The first-order valence-electron chi connectivity index (χ1n) is 12.5. The molecular weight excluding hydrogens is 472 g/mol. The molecular formula is C26H34N8OS. The Labute approximate surface area is 215 Å². The predicted molar refractivity (Wildman–Crippen MR) is 145 cm³/mol. The van der Waals surface area contributed by atoms with Gasteiger partial charge in [0.15, 0.2) is 17.0 Å². The highest BCUT2D eigenvalue weighted by Crippen LogP contribution is 2.34. The normalized spacial score (nSPS) is 15.2. The quantitative estimate of drug-likeness (QED) is 0.340. The second-order valence-corrected chi connectivity index (χ2v) is 11.2. The molecule has 5 rings (SSSR count). The summed E-state index contributed by atoms with van der Waals surface area (Å²) in [6.07, 6.45) is 5.46. The van der Waals surface area contributed by atoms with Gasteiger partial charge in [-0.3, -0.25) is 0 Å². The number of hydrogen-bond donors (Lipinski definition) is 3. The molecule has 36 heavy (non-hydrogen) atoms. The maximum atomic E-state index is 10.4. The van der Waals surface area contributed by atoms with E-state index in [9.17, 15) is 5.11 Å². The van der Waals surface area contributed by atoms with E-state index < -0.39 is 5.60 Å². The van der Waals surface area contributed by atoms with Crippen LogP contribution in [0.15, 0.2) is 36.8 Å². The molecule has 0 amide bonds. The van der Waals surface area contributed by atoms with Gasteiger partial charge in [-0.15, -0.1) is 11.3 Å². The highest BCUT2D eigenvalue weighted by molar-refractivity contribution is 7.15. The van der Waals surface area contributed by atoms with Gasteiger partial charge in [-0.25, -0.2) is 9.97 Å². The standard InChI is InChI=1S/C26H34N8OS/c1-16(2)34-15-30-21-22(31-25(32-23(21)34)33-11-9-18(27)10-12-33)28-13-17-7-5-6-8-19(17)24-29-14-20(36-24)26(3,4)35/h5-8,14-16,18,35H,9-13,27H2,1-4H3,(H,28,31,32). The number of hydrogen-bond acceptors (Lipinski definition) is 9. The third kappa shape index (κ3) is 4.93. The van der Waals surface area contributed by atoms with Crippen molar-refractivity contribution >= 4 is 34.3 Å². The second kappa shape index (κ2) is 9.76. The highest BCUT2D eigenvalue weighted by atomic mass is 32.1. The van der Waals surface area contributed by atoms with Crippen LogP contribution in [0, 0.1) is 0 Å². The minimum Gasteiger partial charge on any atom is -0.385 e. The number of anilines is 2. The first-order chi connectivity index (χ1) is 17.2. The van der Waals surface area contributed by atoms with Crippen LogP contribution in [0.1, 0.15) is 57.0 Å². The monoisotopic (exact) mass is 506 g/mol. The number of thiazole rings is 1. The van der Waals surface area contributed by atoms with Crippen molar-refractivity contribution in [2.75, 3.05) is 23.3 Å². The molecule has 1 aliphatic rings. The minimum absolute atomic E-state index is 0.232. The first kappa shape index (κ1) is 24.6. The predicted octanol–water partition coefficient (Wildman–Crippen LogP) is 4.30. The summed E-state index contributed by atoms with van der Waals surface area (Å²) >= 11 is 1.51. The molecule has 4 heterocycles. The lowest BCUT2D eigenvalue weighted by molar-refractivity contribution is 0.0823. The van der Waals surface area contributed by atoms with Gasteiger partial charge in [0, 0.05) is 43.5 Å². The molecule has 0 atom stereocenters. The lowest BCUT2D eigenvalue weighted by Gasteiger charge is -2.30. The van der Waals surface area contributed by atoms with E-state index in [1.807, 2.05) is 18.5 Å². The van der Waals surface area contributed by atoms with Gasteiger partial charge in [0.2, 0.25) is 5.95 Å². The average molecular weight is 507 g/mol. The van der Waals surface area contributed by atoms with E-state index >= 15 is 0 Å². The van der Waals surface area contributed by atoms with Crippen molar-refractivity contribution in [3.63, 3.8) is 0 Å². The molecule has 1 aromatic carbocycles. The van der Waals surface area contributed by atoms with E-state index in [-0.39, 0.29) is 12.1 Å². The van der Waals surface area contributed by atoms with Crippen LogP contribution in [0.3, 0.4) is 0 Å². The summed E-state index contributed by atoms with van der Waals surface area (Å²) in [5.74, 6) is 1.43. The molecule has 190 valence electrons. The Hall–Kier alpha value is -3.08. The number of rotatable bonds is 7. The molecule has 4 aromatic rings. The SMILES string of the molecule is CC(C)n1cnc2c(NCc3ccccc3-c3ncc(C(C)(C)O)s3)nc(N3CCC(N)CC3)nc21. The van der Waals surface area contributed by atoms with Crippen molar-refractivity contribution in [3.8, 4) is 10.6 Å². The Kier molecular flexibility index (Phi) is 6.67. The number of aliphatic hydroxyl groups is 1. The Morgan fingerprint density at radius 1 is 1.17 bits per heavy atom. The molecule has 4 N–H and O–H groups in total. The summed E-state index contributed by atoms with van der Waals surface area (Å²) in [7, 11) is 0. The van der Waals surface area contributed by atoms with E-state index in [1.54, 1.807) is 20.0 Å². The zero-order valence-corrected chi connectivity index (χ0v) is 22.1. The summed E-state index contributed by atoms with van der Waals surface area (Å²) in [6.45, 7) is 10.1. The fourth-order valence-electron chi connectivity index (χ4n) is 4.39. The van der Waals surface area contributed by atoms with Crippen LogP contribution < -0.4 is 16.0 Å². The lowest BCUT2D eigenvalue weighted by Crippen LogP contribution is -2.40.